The van der Waals surface area contributed by atoms with Crippen LogP contribution in [-0.4, -0.2) is 36.6 Å². The van der Waals surface area contributed by atoms with Crippen molar-refractivity contribution in [1.29, 1.82) is 0 Å². The largest absolute Gasteiger partial charge is 0.478 e. The van der Waals surface area contributed by atoms with Crippen LogP contribution >= 0.6 is 11.3 Å². The molecule has 0 fully saturated rings. The Labute approximate surface area is 151 Å². The van der Waals surface area contributed by atoms with Crippen molar-refractivity contribution in [2.45, 2.75) is 13.0 Å². The van der Waals surface area contributed by atoms with Crippen molar-refractivity contribution in [1.82, 2.24) is 24.9 Å². The number of nitrogens with zero attached hydrogens (tertiary/aromatic N) is 4. The molecule has 8 nitrogen and oxygen atoms in total. The Hall–Kier alpha value is -3.33. The Morgan fingerprint density at radius 1 is 1.27 bits per heavy atom. The molecule has 0 saturated heterocycles. The second-order valence-corrected chi connectivity index (χ2v) is 6.61. The van der Waals surface area contributed by atoms with Gasteiger partial charge in [0.25, 0.3) is 5.78 Å². The number of hydrogen-bond acceptors (Lipinski definition) is 6. The number of fused-ring (bicyclic) bond motifs is 2. The number of aromatic nitrogens is 4. The summed E-state index contributed by atoms with van der Waals surface area (Å²) in [7, 11) is 0. The van der Waals surface area contributed by atoms with E-state index in [0.717, 1.165) is 10.9 Å². The third kappa shape index (κ3) is 3.24. The summed E-state index contributed by atoms with van der Waals surface area (Å²) in [6.45, 7) is 0.144. The van der Waals surface area contributed by atoms with Crippen molar-refractivity contribution in [2.24, 2.45) is 0 Å². The topological polar surface area (TPSA) is 109 Å². The number of amides is 1. The third-order valence-corrected chi connectivity index (χ3v) is 4.71. The maximum Gasteiger partial charge on any atom is 0.338 e. The van der Waals surface area contributed by atoms with Gasteiger partial charge in [-0.25, -0.2) is 14.3 Å². The Bertz CT molecular complexity index is 1130. The lowest BCUT2D eigenvalue weighted by Gasteiger charge is -2.03. The van der Waals surface area contributed by atoms with E-state index in [-0.39, 0.29) is 30.2 Å². The number of benzene rings is 1. The van der Waals surface area contributed by atoms with Crippen molar-refractivity contribution in [3.05, 3.63) is 59.0 Å². The molecule has 3 aromatic heterocycles. The molecule has 1 aromatic carbocycles. The number of carboxylic acids is 1. The van der Waals surface area contributed by atoms with Crippen LogP contribution in [0.2, 0.25) is 0 Å². The van der Waals surface area contributed by atoms with Crippen LogP contribution in [0.4, 0.5) is 0 Å². The van der Waals surface area contributed by atoms with Gasteiger partial charge < -0.3 is 10.4 Å². The predicted octanol–water partition coefficient (Wildman–Crippen LogP) is 1.90. The van der Waals surface area contributed by atoms with Gasteiger partial charge in [-0.2, -0.15) is 4.98 Å². The van der Waals surface area contributed by atoms with Crippen LogP contribution in [0, 0.1) is 0 Å². The van der Waals surface area contributed by atoms with Gasteiger partial charge in [-0.15, -0.1) is 16.4 Å². The average Bonchev–Trinajstić information content (AvgIpc) is 3.24. The van der Waals surface area contributed by atoms with E-state index < -0.39 is 5.97 Å². The molecule has 0 bridgehead atoms. The number of thiophene rings is 1. The Morgan fingerprint density at radius 3 is 3.00 bits per heavy atom. The molecule has 4 rings (SSSR count). The van der Waals surface area contributed by atoms with E-state index in [4.69, 9.17) is 5.11 Å². The van der Waals surface area contributed by atoms with Gasteiger partial charge in [-0.1, -0.05) is 6.07 Å². The summed E-state index contributed by atoms with van der Waals surface area (Å²) in [6.07, 6.45) is 2.81. The van der Waals surface area contributed by atoms with E-state index in [1.807, 2.05) is 29.6 Å². The number of aromatic carboxylic acids is 1. The summed E-state index contributed by atoms with van der Waals surface area (Å²) in [5.41, 5.74) is 0.950. The lowest BCUT2D eigenvalue weighted by molar-refractivity contribution is -0.120. The molecular formula is C17H13N5O3S. The lowest BCUT2D eigenvalue weighted by atomic mass is 10.1. The van der Waals surface area contributed by atoms with Crippen molar-refractivity contribution >= 4 is 39.1 Å². The highest BCUT2D eigenvalue weighted by atomic mass is 32.1. The summed E-state index contributed by atoms with van der Waals surface area (Å²) in [5, 5.41) is 19.0. The van der Waals surface area contributed by atoms with Crippen LogP contribution in [0.3, 0.4) is 0 Å². The molecule has 2 N–H and O–H groups in total. The van der Waals surface area contributed by atoms with Gasteiger partial charge in [-0.05, 0) is 34.5 Å². The minimum atomic E-state index is -1.09. The normalized spacial score (nSPS) is 11.1. The molecule has 0 aliphatic heterocycles. The zero-order chi connectivity index (χ0) is 18.1. The predicted molar refractivity (Wildman–Crippen MR) is 95.1 cm³/mol. The molecule has 1 amide bonds. The first-order valence-electron chi connectivity index (χ1n) is 7.76. The van der Waals surface area contributed by atoms with E-state index in [0.29, 0.717) is 5.82 Å². The number of nitrogens with one attached hydrogen (secondary N) is 1. The standard InChI is InChI=1S/C17H13N5O3S/c23-15(6-10-1-2-13-11(5-10)3-4-26-13)18-8-14-20-17-19-7-12(16(24)25)9-22(17)21-14/h1-5,7,9H,6,8H2,(H,18,23)(H,24,25). The quantitative estimate of drug-likeness (QED) is 0.557. The molecule has 4 aromatic rings. The number of hydrogen-bond donors (Lipinski definition) is 2. The Balaban J connectivity index is 1.42. The van der Waals surface area contributed by atoms with Crippen molar-refractivity contribution in [3.8, 4) is 0 Å². The fourth-order valence-corrected chi connectivity index (χ4v) is 3.33. The maximum atomic E-state index is 12.2. The van der Waals surface area contributed by atoms with Crippen LogP contribution in [0.1, 0.15) is 21.7 Å². The number of rotatable bonds is 5. The zero-order valence-corrected chi connectivity index (χ0v) is 14.2. The molecule has 0 atom stereocenters. The molecule has 0 radical (unpaired) electrons. The molecular weight excluding hydrogens is 354 g/mol. The molecule has 26 heavy (non-hydrogen) atoms. The fourth-order valence-electron chi connectivity index (χ4n) is 2.56. The molecule has 130 valence electrons. The van der Waals surface area contributed by atoms with E-state index in [1.165, 1.54) is 21.6 Å². The van der Waals surface area contributed by atoms with E-state index in [1.54, 1.807) is 11.3 Å². The van der Waals surface area contributed by atoms with E-state index >= 15 is 0 Å². The minimum Gasteiger partial charge on any atom is -0.478 e. The molecule has 0 aliphatic rings. The lowest BCUT2D eigenvalue weighted by Crippen LogP contribution is -2.25. The van der Waals surface area contributed by atoms with Crippen LogP contribution in [0.5, 0.6) is 0 Å². The molecule has 0 spiro atoms. The molecule has 9 heteroatoms. The van der Waals surface area contributed by atoms with Crippen LogP contribution in [0.25, 0.3) is 15.9 Å². The van der Waals surface area contributed by atoms with Gasteiger partial charge in [0.15, 0.2) is 5.82 Å². The van der Waals surface area contributed by atoms with Gasteiger partial charge >= 0.3 is 5.97 Å². The molecule has 0 saturated carbocycles. The summed E-state index contributed by atoms with van der Waals surface area (Å²) in [6, 6.07) is 7.99. The molecule has 0 unspecified atom stereocenters. The van der Waals surface area contributed by atoms with Crippen molar-refractivity contribution in [3.63, 3.8) is 0 Å². The van der Waals surface area contributed by atoms with Gasteiger partial charge in [-0.3, -0.25) is 4.79 Å². The highest BCUT2D eigenvalue weighted by Gasteiger charge is 2.10. The van der Waals surface area contributed by atoms with Gasteiger partial charge in [0.2, 0.25) is 5.91 Å². The Kier molecular flexibility index (Phi) is 4.05. The summed E-state index contributed by atoms with van der Waals surface area (Å²) in [4.78, 5) is 31.2. The Morgan fingerprint density at radius 2 is 2.15 bits per heavy atom. The van der Waals surface area contributed by atoms with Crippen LogP contribution in [0.15, 0.2) is 42.0 Å². The number of carbonyl (C=O) groups is 2. The first kappa shape index (κ1) is 16.2. The van der Waals surface area contributed by atoms with Crippen molar-refractivity contribution in [2.75, 3.05) is 0 Å². The molecule has 3 heterocycles. The number of carbonyl (C=O) groups excluding carboxylic acids is 1. The van der Waals surface area contributed by atoms with Crippen molar-refractivity contribution < 1.29 is 14.7 Å². The first-order valence-corrected chi connectivity index (χ1v) is 8.64. The highest BCUT2D eigenvalue weighted by Crippen LogP contribution is 2.21. The van der Waals surface area contributed by atoms with Gasteiger partial charge in [0.1, 0.15) is 0 Å². The minimum absolute atomic E-state index is 0.0156. The molecule has 0 aliphatic carbocycles. The third-order valence-electron chi connectivity index (χ3n) is 3.81. The van der Waals surface area contributed by atoms with Crippen LogP contribution < -0.4 is 5.32 Å². The average molecular weight is 367 g/mol. The first-order chi connectivity index (χ1) is 12.6. The zero-order valence-electron chi connectivity index (χ0n) is 13.4. The second kappa shape index (κ2) is 6.52. The SMILES string of the molecule is O=C(Cc1ccc2sccc2c1)NCc1nc2ncc(C(=O)O)cn2n1. The van der Waals surface area contributed by atoms with Gasteiger partial charge in [0, 0.05) is 17.1 Å². The highest BCUT2D eigenvalue weighted by molar-refractivity contribution is 7.17. The van der Waals surface area contributed by atoms with E-state index in [2.05, 4.69) is 20.4 Å². The summed E-state index contributed by atoms with van der Waals surface area (Å²) >= 11 is 1.67. The monoisotopic (exact) mass is 367 g/mol. The van der Waals surface area contributed by atoms with E-state index in [9.17, 15) is 9.59 Å². The van der Waals surface area contributed by atoms with Crippen LogP contribution in [-0.2, 0) is 17.8 Å². The fraction of sp³-hybridized carbons (Fsp3) is 0.118. The smallest absolute Gasteiger partial charge is 0.338 e. The second-order valence-electron chi connectivity index (χ2n) is 5.67. The maximum absolute atomic E-state index is 12.2. The number of carboxylic acid groups (broad SMARTS) is 1. The van der Waals surface area contributed by atoms with Gasteiger partial charge in [0.05, 0.1) is 18.5 Å². The summed E-state index contributed by atoms with van der Waals surface area (Å²) in [5.74, 6) is -0.589. The summed E-state index contributed by atoms with van der Waals surface area (Å²) < 4.78 is 2.48.